The van der Waals surface area contributed by atoms with Gasteiger partial charge < -0.3 is 9.64 Å². The molecule has 1 aliphatic heterocycles. The van der Waals surface area contributed by atoms with Crippen LogP contribution in [-0.4, -0.2) is 36.1 Å². The van der Waals surface area contributed by atoms with Crippen LogP contribution in [0.4, 0.5) is 13.6 Å². The summed E-state index contributed by atoms with van der Waals surface area (Å²) < 4.78 is 29.9. The van der Waals surface area contributed by atoms with Gasteiger partial charge in [-0.05, 0) is 33.6 Å². The molecular formula is C11H19F2NO2. The normalized spacial score (nSPS) is 19.0. The van der Waals surface area contributed by atoms with Gasteiger partial charge in [-0.15, -0.1) is 0 Å². The third-order valence-electron chi connectivity index (χ3n) is 2.55. The second-order valence-electron chi connectivity index (χ2n) is 5.14. The van der Waals surface area contributed by atoms with Gasteiger partial charge in [-0.3, -0.25) is 0 Å². The van der Waals surface area contributed by atoms with Crippen molar-refractivity contribution in [1.82, 2.24) is 4.90 Å². The van der Waals surface area contributed by atoms with Crippen LogP contribution >= 0.6 is 0 Å². The van der Waals surface area contributed by atoms with E-state index in [1.54, 1.807) is 20.8 Å². The Labute approximate surface area is 94.7 Å². The van der Waals surface area contributed by atoms with Crippen molar-refractivity contribution in [2.45, 2.75) is 45.6 Å². The lowest BCUT2D eigenvalue weighted by Crippen LogP contribution is -2.42. The molecule has 0 aromatic rings. The Hall–Kier alpha value is -0.870. The number of likely N-dealkylation sites (tertiary alicyclic amines) is 1. The van der Waals surface area contributed by atoms with Gasteiger partial charge in [0.1, 0.15) is 5.60 Å². The van der Waals surface area contributed by atoms with Gasteiger partial charge in [-0.25, -0.2) is 13.6 Å². The predicted molar refractivity (Wildman–Crippen MR) is 56.5 cm³/mol. The lowest BCUT2D eigenvalue weighted by Gasteiger charge is -2.33. The van der Waals surface area contributed by atoms with E-state index in [0.717, 1.165) is 0 Å². The molecule has 0 radical (unpaired) electrons. The summed E-state index contributed by atoms with van der Waals surface area (Å²) >= 11 is 0. The van der Waals surface area contributed by atoms with E-state index in [2.05, 4.69) is 0 Å². The number of nitrogens with zero attached hydrogens (tertiary/aromatic N) is 1. The smallest absolute Gasteiger partial charge is 0.410 e. The second-order valence-corrected chi connectivity index (χ2v) is 5.14. The van der Waals surface area contributed by atoms with Crippen molar-refractivity contribution < 1.29 is 18.3 Å². The molecule has 0 atom stereocenters. The van der Waals surface area contributed by atoms with Crippen LogP contribution in [0.15, 0.2) is 0 Å². The van der Waals surface area contributed by atoms with E-state index in [1.165, 1.54) is 4.90 Å². The van der Waals surface area contributed by atoms with E-state index in [4.69, 9.17) is 4.74 Å². The minimum absolute atomic E-state index is 0.358. The highest BCUT2D eigenvalue weighted by Crippen LogP contribution is 2.24. The van der Waals surface area contributed by atoms with Gasteiger partial charge in [0.15, 0.2) is 0 Å². The Morgan fingerprint density at radius 3 is 2.19 bits per heavy atom. The minimum Gasteiger partial charge on any atom is -0.444 e. The molecule has 0 N–H and O–H groups in total. The number of hydrogen-bond acceptors (Lipinski definition) is 2. The number of alkyl halides is 2. The summed E-state index contributed by atoms with van der Waals surface area (Å²) in [7, 11) is 0. The quantitative estimate of drug-likeness (QED) is 0.699. The average Bonchev–Trinajstić information content (AvgIpc) is 2.15. The van der Waals surface area contributed by atoms with Crippen LogP contribution in [0.5, 0.6) is 0 Å². The average molecular weight is 235 g/mol. The summed E-state index contributed by atoms with van der Waals surface area (Å²) in [5.74, 6) is -0.571. The summed E-state index contributed by atoms with van der Waals surface area (Å²) in [4.78, 5) is 13.1. The summed E-state index contributed by atoms with van der Waals surface area (Å²) in [5, 5.41) is 0. The third-order valence-corrected chi connectivity index (χ3v) is 2.55. The highest BCUT2D eigenvalue weighted by Gasteiger charge is 2.30. The van der Waals surface area contributed by atoms with Crippen LogP contribution in [0.2, 0.25) is 0 Å². The van der Waals surface area contributed by atoms with E-state index < -0.39 is 24.0 Å². The maximum Gasteiger partial charge on any atom is 0.410 e. The number of amides is 1. The molecule has 0 bridgehead atoms. The van der Waals surface area contributed by atoms with Crippen molar-refractivity contribution >= 4 is 6.09 Å². The van der Waals surface area contributed by atoms with Gasteiger partial charge in [0.2, 0.25) is 6.43 Å². The van der Waals surface area contributed by atoms with Crippen LogP contribution < -0.4 is 0 Å². The fourth-order valence-electron chi connectivity index (χ4n) is 1.66. The summed E-state index contributed by atoms with van der Waals surface area (Å²) in [6.07, 6.45) is -1.96. The van der Waals surface area contributed by atoms with Crippen molar-refractivity contribution in [3.8, 4) is 0 Å². The first-order valence-corrected chi connectivity index (χ1v) is 5.55. The van der Waals surface area contributed by atoms with Gasteiger partial charge >= 0.3 is 6.09 Å². The summed E-state index contributed by atoms with van der Waals surface area (Å²) in [6, 6.07) is 0. The summed E-state index contributed by atoms with van der Waals surface area (Å²) in [6.45, 7) is 6.10. The molecule has 0 aliphatic carbocycles. The van der Waals surface area contributed by atoms with Gasteiger partial charge in [0.05, 0.1) is 0 Å². The van der Waals surface area contributed by atoms with E-state index in [1.807, 2.05) is 0 Å². The lowest BCUT2D eigenvalue weighted by atomic mass is 9.98. The number of carbonyl (C=O) groups is 1. The first kappa shape index (κ1) is 13.2. The molecule has 1 aliphatic rings. The predicted octanol–water partition coefficient (Wildman–Crippen LogP) is 2.90. The van der Waals surface area contributed by atoms with E-state index >= 15 is 0 Å². The molecule has 0 spiro atoms. The number of hydrogen-bond donors (Lipinski definition) is 0. The molecule has 1 saturated heterocycles. The summed E-state index contributed by atoms with van der Waals surface area (Å²) in [5.41, 5.74) is -0.531. The Morgan fingerprint density at radius 1 is 1.31 bits per heavy atom. The highest BCUT2D eigenvalue weighted by molar-refractivity contribution is 5.68. The standard InChI is InChI=1S/C11H19F2NO2/c1-11(2,3)16-10(15)14-6-4-8(5-7-14)9(12)13/h8-9H,4-7H2,1-3H3. The molecule has 1 rings (SSSR count). The van der Waals surface area contributed by atoms with Crippen LogP contribution in [0.1, 0.15) is 33.6 Å². The molecule has 0 saturated carbocycles. The molecule has 16 heavy (non-hydrogen) atoms. The van der Waals surface area contributed by atoms with E-state index in [9.17, 15) is 13.6 Å². The fourth-order valence-corrected chi connectivity index (χ4v) is 1.66. The lowest BCUT2D eigenvalue weighted by molar-refractivity contribution is 0.00151. The highest BCUT2D eigenvalue weighted by atomic mass is 19.3. The van der Waals surface area contributed by atoms with Crippen molar-refractivity contribution in [2.75, 3.05) is 13.1 Å². The zero-order chi connectivity index (χ0) is 12.3. The fraction of sp³-hybridized carbons (Fsp3) is 0.909. The molecule has 5 heteroatoms. The zero-order valence-electron chi connectivity index (χ0n) is 10.0. The van der Waals surface area contributed by atoms with Gasteiger partial charge in [0.25, 0.3) is 0 Å². The van der Waals surface area contributed by atoms with Crippen LogP contribution in [0.25, 0.3) is 0 Å². The van der Waals surface area contributed by atoms with Gasteiger partial charge in [0, 0.05) is 19.0 Å². The van der Waals surface area contributed by atoms with Crippen LogP contribution in [0.3, 0.4) is 0 Å². The number of carbonyl (C=O) groups excluding carboxylic acids is 1. The number of halogens is 2. The molecule has 1 amide bonds. The Morgan fingerprint density at radius 2 is 1.81 bits per heavy atom. The third kappa shape index (κ3) is 3.94. The topological polar surface area (TPSA) is 29.5 Å². The molecule has 1 heterocycles. The van der Waals surface area contributed by atoms with Crippen molar-refractivity contribution in [1.29, 1.82) is 0 Å². The molecular weight excluding hydrogens is 216 g/mol. The second kappa shape index (κ2) is 4.97. The molecule has 94 valence electrons. The monoisotopic (exact) mass is 235 g/mol. The first-order valence-electron chi connectivity index (χ1n) is 5.55. The molecule has 0 unspecified atom stereocenters. The minimum atomic E-state index is -2.28. The Kier molecular flexibility index (Phi) is 4.10. The van der Waals surface area contributed by atoms with Crippen molar-refractivity contribution in [3.05, 3.63) is 0 Å². The van der Waals surface area contributed by atoms with E-state index in [0.29, 0.717) is 25.9 Å². The maximum absolute atomic E-state index is 12.4. The molecule has 0 aromatic carbocycles. The van der Waals surface area contributed by atoms with Gasteiger partial charge in [-0.2, -0.15) is 0 Å². The number of piperidine rings is 1. The Balaban J connectivity index is 2.39. The number of rotatable bonds is 1. The van der Waals surface area contributed by atoms with Crippen molar-refractivity contribution in [2.24, 2.45) is 5.92 Å². The van der Waals surface area contributed by atoms with Crippen LogP contribution in [-0.2, 0) is 4.74 Å². The van der Waals surface area contributed by atoms with E-state index in [-0.39, 0.29) is 0 Å². The number of ether oxygens (including phenoxy) is 1. The van der Waals surface area contributed by atoms with Crippen LogP contribution in [0, 0.1) is 5.92 Å². The first-order chi connectivity index (χ1) is 7.29. The van der Waals surface area contributed by atoms with Gasteiger partial charge in [-0.1, -0.05) is 0 Å². The zero-order valence-corrected chi connectivity index (χ0v) is 10.0. The molecule has 0 aromatic heterocycles. The maximum atomic E-state index is 12.4. The van der Waals surface area contributed by atoms with Crippen molar-refractivity contribution in [3.63, 3.8) is 0 Å². The Bertz CT molecular complexity index is 243. The molecule has 3 nitrogen and oxygen atoms in total. The SMILES string of the molecule is CC(C)(C)OC(=O)N1CCC(C(F)F)CC1. The largest absolute Gasteiger partial charge is 0.444 e. The molecule has 1 fully saturated rings.